The molecular weight excluding hydrogens is 340 g/mol. The maximum absolute atomic E-state index is 12.4. The summed E-state index contributed by atoms with van der Waals surface area (Å²) in [6, 6.07) is 14.0. The van der Waals surface area contributed by atoms with Crippen LogP contribution in [0.1, 0.15) is 15.9 Å². The van der Waals surface area contributed by atoms with E-state index in [9.17, 15) is 4.79 Å². The Hall–Kier alpha value is -1.83. The Bertz CT molecular complexity index is 692. The molecule has 20 heavy (non-hydrogen) atoms. The number of hydrogen-bond donors (Lipinski definition) is 0. The number of carbonyl (C=O) groups is 1. The molecule has 0 unspecified atom stereocenters. The molecule has 5 heteroatoms. The number of benzene rings is 2. The molecule has 1 amide bonds. The van der Waals surface area contributed by atoms with Gasteiger partial charge in [0.05, 0.1) is 22.2 Å². The third kappa shape index (κ3) is 2.84. The fraction of sp³-hybridized carbons (Fsp3) is 0.0667. The zero-order chi connectivity index (χ0) is 14.7. The maximum Gasteiger partial charge on any atom is 0.259 e. The van der Waals surface area contributed by atoms with Crippen LogP contribution in [0.25, 0.3) is 0 Å². The second-order valence-electron chi connectivity index (χ2n) is 4.12. The molecule has 2 aromatic carbocycles. The van der Waals surface area contributed by atoms with Gasteiger partial charge in [-0.3, -0.25) is 4.79 Å². The lowest BCUT2D eigenvalue weighted by Crippen LogP contribution is -2.26. The van der Waals surface area contributed by atoms with Gasteiger partial charge in [0.15, 0.2) is 0 Å². The molecule has 0 spiro atoms. The van der Waals surface area contributed by atoms with E-state index >= 15 is 0 Å². The van der Waals surface area contributed by atoms with Crippen molar-refractivity contribution in [3.05, 3.63) is 63.1 Å². The van der Waals surface area contributed by atoms with Gasteiger partial charge in [0.25, 0.3) is 5.91 Å². The number of hydrogen-bond acceptors (Lipinski definition) is 2. The van der Waals surface area contributed by atoms with Crippen molar-refractivity contribution in [3.63, 3.8) is 0 Å². The van der Waals surface area contributed by atoms with Crippen molar-refractivity contribution in [1.29, 1.82) is 5.26 Å². The van der Waals surface area contributed by atoms with Crippen molar-refractivity contribution >= 4 is 39.1 Å². The molecule has 0 aliphatic rings. The Labute approximate surface area is 130 Å². The number of rotatable bonds is 2. The van der Waals surface area contributed by atoms with E-state index in [-0.39, 0.29) is 5.91 Å². The van der Waals surface area contributed by atoms with Crippen molar-refractivity contribution in [2.24, 2.45) is 0 Å². The second-order valence-corrected chi connectivity index (χ2v) is 5.36. The van der Waals surface area contributed by atoms with Gasteiger partial charge >= 0.3 is 0 Å². The van der Waals surface area contributed by atoms with Crippen LogP contribution < -0.4 is 4.90 Å². The Balaban J connectivity index is 2.32. The lowest BCUT2D eigenvalue weighted by atomic mass is 10.1. The standard InChI is InChI=1S/C15H10BrClN2O/c1-19(11-7-5-10(9-18)6-8-11)15(20)12-3-2-4-13(16)14(12)17/h2-8H,1H3. The van der Waals surface area contributed by atoms with Gasteiger partial charge in [-0.15, -0.1) is 0 Å². The highest BCUT2D eigenvalue weighted by atomic mass is 79.9. The van der Waals surface area contributed by atoms with Crippen molar-refractivity contribution < 1.29 is 4.79 Å². The molecule has 0 saturated carbocycles. The summed E-state index contributed by atoms with van der Waals surface area (Å²) in [7, 11) is 1.67. The van der Waals surface area contributed by atoms with Gasteiger partial charge < -0.3 is 4.90 Å². The maximum atomic E-state index is 12.4. The van der Waals surface area contributed by atoms with Crippen LogP contribution in [-0.2, 0) is 0 Å². The summed E-state index contributed by atoms with van der Waals surface area (Å²) < 4.78 is 0.679. The van der Waals surface area contributed by atoms with Crippen molar-refractivity contribution in [2.45, 2.75) is 0 Å². The summed E-state index contributed by atoms with van der Waals surface area (Å²) in [4.78, 5) is 13.9. The van der Waals surface area contributed by atoms with Crippen LogP contribution in [0.5, 0.6) is 0 Å². The summed E-state index contributed by atoms with van der Waals surface area (Å²) in [5, 5.41) is 9.16. The summed E-state index contributed by atoms with van der Waals surface area (Å²) >= 11 is 9.43. The van der Waals surface area contributed by atoms with Crippen LogP contribution in [0.15, 0.2) is 46.9 Å². The first-order valence-electron chi connectivity index (χ1n) is 5.77. The van der Waals surface area contributed by atoms with E-state index < -0.39 is 0 Å². The zero-order valence-electron chi connectivity index (χ0n) is 10.6. The number of halogens is 2. The highest BCUT2D eigenvalue weighted by molar-refractivity contribution is 9.10. The second kappa shape index (κ2) is 6.08. The third-order valence-electron chi connectivity index (χ3n) is 2.87. The molecule has 0 fully saturated rings. The number of amides is 1. The average Bonchev–Trinajstić information content (AvgIpc) is 2.48. The molecule has 0 N–H and O–H groups in total. The first kappa shape index (κ1) is 14.6. The molecular formula is C15H10BrClN2O. The molecule has 2 rings (SSSR count). The minimum Gasteiger partial charge on any atom is -0.311 e. The van der Waals surface area contributed by atoms with E-state index in [1.54, 1.807) is 49.5 Å². The van der Waals surface area contributed by atoms with Crippen LogP contribution in [0, 0.1) is 11.3 Å². The first-order valence-corrected chi connectivity index (χ1v) is 6.94. The lowest BCUT2D eigenvalue weighted by Gasteiger charge is -2.18. The monoisotopic (exact) mass is 348 g/mol. The van der Waals surface area contributed by atoms with E-state index in [1.165, 1.54) is 4.90 Å². The normalized spacial score (nSPS) is 9.90. The van der Waals surface area contributed by atoms with Crippen LogP contribution in [0.2, 0.25) is 5.02 Å². The largest absolute Gasteiger partial charge is 0.311 e. The van der Waals surface area contributed by atoms with Gasteiger partial charge in [-0.05, 0) is 52.3 Å². The van der Waals surface area contributed by atoms with Gasteiger partial charge in [-0.1, -0.05) is 17.7 Å². The summed E-state index contributed by atoms with van der Waals surface area (Å²) in [5.41, 5.74) is 1.67. The fourth-order valence-corrected chi connectivity index (χ4v) is 2.30. The number of nitrogens with zero attached hydrogens (tertiary/aromatic N) is 2. The van der Waals surface area contributed by atoms with Crippen molar-refractivity contribution in [2.75, 3.05) is 11.9 Å². The topological polar surface area (TPSA) is 44.1 Å². The molecule has 0 bridgehead atoms. The smallest absolute Gasteiger partial charge is 0.259 e. The van der Waals surface area contributed by atoms with Gasteiger partial charge in [0.2, 0.25) is 0 Å². The molecule has 0 saturated heterocycles. The molecule has 0 atom stereocenters. The quantitative estimate of drug-likeness (QED) is 0.813. The van der Waals surface area contributed by atoms with E-state index in [4.69, 9.17) is 16.9 Å². The Morgan fingerprint density at radius 2 is 1.90 bits per heavy atom. The summed E-state index contributed by atoms with van der Waals surface area (Å²) in [6.45, 7) is 0. The number of anilines is 1. The predicted molar refractivity (Wildman–Crippen MR) is 83.0 cm³/mol. The number of nitriles is 1. The molecule has 0 aliphatic heterocycles. The minimum atomic E-state index is -0.207. The molecule has 0 heterocycles. The Morgan fingerprint density at radius 3 is 2.50 bits per heavy atom. The highest BCUT2D eigenvalue weighted by Gasteiger charge is 2.17. The van der Waals surface area contributed by atoms with Gasteiger partial charge in [0.1, 0.15) is 0 Å². The SMILES string of the molecule is CN(C(=O)c1cccc(Br)c1Cl)c1ccc(C#N)cc1. The molecule has 2 aromatic rings. The van der Waals surface area contributed by atoms with Crippen LogP contribution >= 0.6 is 27.5 Å². The summed E-state index contributed by atoms with van der Waals surface area (Å²) in [5.74, 6) is -0.207. The molecule has 0 aromatic heterocycles. The van der Waals surface area contributed by atoms with Crippen LogP contribution in [-0.4, -0.2) is 13.0 Å². The van der Waals surface area contributed by atoms with E-state index in [1.807, 2.05) is 6.07 Å². The summed E-state index contributed by atoms with van der Waals surface area (Å²) in [6.07, 6.45) is 0. The van der Waals surface area contributed by atoms with E-state index in [2.05, 4.69) is 15.9 Å². The average molecular weight is 350 g/mol. The van der Waals surface area contributed by atoms with Gasteiger partial charge in [-0.25, -0.2) is 0 Å². The predicted octanol–water partition coefficient (Wildman–Crippen LogP) is 4.25. The van der Waals surface area contributed by atoms with Crippen molar-refractivity contribution in [1.82, 2.24) is 0 Å². The van der Waals surface area contributed by atoms with E-state index in [0.717, 1.165) is 0 Å². The molecule has 0 aliphatic carbocycles. The Morgan fingerprint density at radius 1 is 1.25 bits per heavy atom. The molecule has 100 valence electrons. The van der Waals surface area contributed by atoms with Gasteiger partial charge in [-0.2, -0.15) is 5.26 Å². The van der Waals surface area contributed by atoms with E-state index in [0.29, 0.717) is 26.3 Å². The minimum absolute atomic E-state index is 0.207. The van der Waals surface area contributed by atoms with Crippen LogP contribution in [0.3, 0.4) is 0 Å². The molecule has 0 radical (unpaired) electrons. The zero-order valence-corrected chi connectivity index (χ0v) is 12.9. The highest BCUT2D eigenvalue weighted by Crippen LogP contribution is 2.28. The van der Waals surface area contributed by atoms with Gasteiger partial charge in [0, 0.05) is 17.2 Å². The lowest BCUT2D eigenvalue weighted by molar-refractivity contribution is 0.0993. The fourth-order valence-electron chi connectivity index (χ4n) is 1.73. The number of carbonyl (C=O) groups excluding carboxylic acids is 1. The van der Waals surface area contributed by atoms with Crippen LogP contribution in [0.4, 0.5) is 5.69 Å². The molecule has 3 nitrogen and oxygen atoms in total. The third-order valence-corrected chi connectivity index (χ3v) is 4.17. The Kier molecular flexibility index (Phi) is 4.43. The van der Waals surface area contributed by atoms with Crippen molar-refractivity contribution in [3.8, 4) is 6.07 Å². The first-order chi connectivity index (χ1) is 9.54.